The van der Waals surface area contributed by atoms with E-state index in [0.717, 1.165) is 27.8 Å². The fourth-order valence-corrected chi connectivity index (χ4v) is 7.72. The molecular formula is C33H30O5S. The SMILES string of the molecule is COc1cc2c(cc1OC)[C@H]1C(S(=O)(=O)c3ccc(C)cc3)=C(c3ccccc3)O[C@H](c3ccccc3)[C@H]1C2. The standard InChI is InChI=1S/C33H30O5S/c1-21-14-16-25(17-15-21)39(34,35)33-30-26-20-29(37-3)28(36-2)19-24(26)18-27(30)31(22-10-6-4-7-11-22)38-32(33)23-12-8-5-9-13-23/h4-17,19-20,27,30-31H,18H2,1-3H3/t27-,30+,31+/m0/s1. The zero-order valence-corrected chi connectivity index (χ0v) is 22.9. The lowest BCUT2D eigenvalue weighted by Gasteiger charge is -2.38. The molecule has 39 heavy (non-hydrogen) atoms. The lowest BCUT2D eigenvalue weighted by molar-refractivity contribution is 0.0851. The number of hydrogen-bond acceptors (Lipinski definition) is 5. The second-order valence-electron chi connectivity index (χ2n) is 10.1. The molecular weight excluding hydrogens is 508 g/mol. The molecule has 198 valence electrons. The van der Waals surface area contributed by atoms with Gasteiger partial charge in [0.25, 0.3) is 0 Å². The normalized spacial score (nSPS) is 20.1. The summed E-state index contributed by atoms with van der Waals surface area (Å²) >= 11 is 0. The molecule has 0 unspecified atom stereocenters. The van der Waals surface area contributed by atoms with Crippen molar-refractivity contribution in [1.29, 1.82) is 0 Å². The third kappa shape index (κ3) is 4.29. The van der Waals surface area contributed by atoms with Gasteiger partial charge < -0.3 is 14.2 Å². The van der Waals surface area contributed by atoms with Gasteiger partial charge in [0.15, 0.2) is 11.5 Å². The lowest BCUT2D eigenvalue weighted by atomic mass is 9.81. The van der Waals surface area contributed by atoms with Gasteiger partial charge in [-0.25, -0.2) is 8.42 Å². The Kier molecular flexibility index (Phi) is 6.43. The summed E-state index contributed by atoms with van der Waals surface area (Å²) < 4.78 is 47.2. The molecule has 6 heteroatoms. The van der Waals surface area contributed by atoms with Crippen LogP contribution in [0, 0.1) is 12.8 Å². The van der Waals surface area contributed by atoms with E-state index in [0.29, 0.717) is 28.6 Å². The van der Waals surface area contributed by atoms with E-state index in [4.69, 9.17) is 14.2 Å². The van der Waals surface area contributed by atoms with Gasteiger partial charge in [0, 0.05) is 17.4 Å². The van der Waals surface area contributed by atoms with Crippen molar-refractivity contribution in [1.82, 2.24) is 0 Å². The van der Waals surface area contributed by atoms with Gasteiger partial charge in [-0.15, -0.1) is 0 Å². The smallest absolute Gasteiger partial charge is 0.207 e. The van der Waals surface area contributed by atoms with Gasteiger partial charge in [0.2, 0.25) is 9.84 Å². The summed E-state index contributed by atoms with van der Waals surface area (Å²) in [4.78, 5) is 0.548. The highest BCUT2D eigenvalue weighted by atomic mass is 32.2. The molecule has 0 fully saturated rings. The summed E-state index contributed by atoms with van der Waals surface area (Å²) in [5.41, 5.74) is 4.71. The van der Waals surface area contributed by atoms with Crippen molar-refractivity contribution in [3.63, 3.8) is 0 Å². The highest BCUT2D eigenvalue weighted by Gasteiger charge is 2.50. The third-order valence-corrected chi connectivity index (χ3v) is 9.70. The molecule has 0 saturated heterocycles. The maximum atomic E-state index is 14.6. The lowest BCUT2D eigenvalue weighted by Crippen LogP contribution is -2.30. The van der Waals surface area contributed by atoms with Crippen LogP contribution in [0.1, 0.15) is 39.8 Å². The number of fused-ring (bicyclic) bond motifs is 3. The molecule has 0 amide bonds. The number of aryl methyl sites for hydroxylation is 1. The first-order valence-electron chi connectivity index (χ1n) is 13.0. The summed E-state index contributed by atoms with van der Waals surface area (Å²) in [6, 6.07) is 30.6. The Morgan fingerprint density at radius 3 is 2.05 bits per heavy atom. The number of ether oxygens (including phenoxy) is 3. The number of rotatable bonds is 6. The number of allylic oxidation sites excluding steroid dienone is 1. The van der Waals surface area contributed by atoms with Crippen LogP contribution < -0.4 is 9.47 Å². The van der Waals surface area contributed by atoms with Gasteiger partial charge in [0.05, 0.1) is 24.0 Å². The molecule has 0 radical (unpaired) electrons. The van der Waals surface area contributed by atoms with E-state index >= 15 is 0 Å². The zero-order valence-electron chi connectivity index (χ0n) is 22.1. The largest absolute Gasteiger partial charge is 0.493 e. The quantitative estimate of drug-likeness (QED) is 0.268. The monoisotopic (exact) mass is 538 g/mol. The third-order valence-electron chi connectivity index (χ3n) is 7.79. The fraction of sp³-hybridized carbons (Fsp3) is 0.212. The van der Waals surface area contributed by atoms with Crippen LogP contribution in [-0.4, -0.2) is 22.6 Å². The van der Waals surface area contributed by atoms with E-state index in [1.165, 1.54) is 0 Å². The Morgan fingerprint density at radius 2 is 1.41 bits per heavy atom. The molecule has 0 N–H and O–H groups in total. The molecule has 4 aromatic rings. The van der Waals surface area contributed by atoms with Crippen LogP contribution in [0.25, 0.3) is 5.76 Å². The Labute approximate surface area is 229 Å². The molecule has 0 spiro atoms. The highest BCUT2D eigenvalue weighted by molar-refractivity contribution is 7.95. The van der Waals surface area contributed by atoms with Crippen LogP contribution in [0.3, 0.4) is 0 Å². The Hall–Kier alpha value is -4.03. The molecule has 2 aliphatic rings. The molecule has 4 aromatic carbocycles. The summed E-state index contributed by atoms with van der Waals surface area (Å²) in [7, 11) is -0.718. The van der Waals surface area contributed by atoms with Crippen molar-refractivity contribution in [3.05, 3.63) is 130 Å². The molecule has 5 nitrogen and oxygen atoms in total. The first-order valence-corrected chi connectivity index (χ1v) is 14.5. The van der Waals surface area contributed by atoms with E-state index in [2.05, 4.69) is 0 Å². The van der Waals surface area contributed by atoms with Crippen LogP contribution in [0.4, 0.5) is 0 Å². The predicted molar refractivity (Wildman–Crippen MR) is 151 cm³/mol. The van der Waals surface area contributed by atoms with Crippen molar-refractivity contribution in [2.75, 3.05) is 14.2 Å². The first kappa shape index (κ1) is 25.3. The predicted octanol–water partition coefficient (Wildman–Crippen LogP) is 6.88. The van der Waals surface area contributed by atoms with Crippen LogP contribution >= 0.6 is 0 Å². The van der Waals surface area contributed by atoms with Crippen molar-refractivity contribution in [2.24, 2.45) is 5.92 Å². The van der Waals surface area contributed by atoms with Gasteiger partial charge in [-0.1, -0.05) is 78.4 Å². The number of sulfone groups is 1. The van der Waals surface area contributed by atoms with Crippen molar-refractivity contribution >= 4 is 15.6 Å². The van der Waals surface area contributed by atoms with Crippen molar-refractivity contribution in [3.8, 4) is 11.5 Å². The van der Waals surface area contributed by atoms with Crippen molar-refractivity contribution < 1.29 is 22.6 Å². The van der Waals surface area contributed by atoms with Gasteiger partial charge >= 0.3 is 0 Å². The second-order valence-corrected chi connectivity index (χ2v) is 12.0. The average Bonchev–Trinajstić information content (AvgIpc) is 3.34. The first-order chi connectivity index (χ1) is 18.9. The Bertz CT molecular complexity index is 1640. The van der Waals surface area contributed by atoms with E-state index in [-0.39, 0.29) is 16.9 Å². The summed E-state index contributed by atoms with van der Waals surface area (Å²) in [6.07, 6.45) is 0.308. The van der Waals surface area contributed by atoms with Crippen LogP contribution in [0.15, 0.2) is 107 Å². The second kappa shape index (κ2) is 9.93. The number of methoxy groups -OCH3 is 2. The van der Waals surface area contributed by atoms with Gasteiger partial charge in [-0.05, 0) is 54.3 Å². The zero-order chi connectivity index (χ0) is 27.1. The molecule has 1 heterocycles. The molecule has 0 bridgehead atoms. The summed E-state index contributed by atoms with van der Waals surface area (Å²) in [6.45, 7) is 1.95. The summed E-state index contributed by atoms with van der Waals surface area (Å²) in [5.74, 6) is 1.03. The van der Waals surface area contributed by atoms with Crippen LogP contribution in [0.2, 0.25) is 0 Å². The maximum absolute atomic E-state index is 14.6. The molecule has 1 aliphatic carbocycles. The Balaban J connectivity index is 1.66. The van der Waals surface area contributed by atoms with Crippen LogP contribution in [0.5, 0.6) is 11.5 Å². The number of benzene rings is 4. The van der Waals surface area contributed by atoms with E-state index in [1.807, 2.05) is 91.9 Å². The minimum atomic E-state index is -3.93. The number of hydrogen-bond donors (Lipinski definition) is 0. The topological polar surface area (TPSA) is 61.8 Å². The molecule has 0 saturated carbocycles. The van der Waals surface area contributed by atoms with E-state index in [1.54, 1.807) is 26.4 Å². The minimum absolute atomic E-state index is 0.137. The molecule has 3 atom stereocenters. The average molecular weight is 539 g/mol. The highest BCUT2D eigenvalue weighted by Crippen LogP contribution is 2.58. The van der Waals surface area contributed by atoms with Gasteiger partial charge in [0.1, 0.15) is 11.9 Å². The van der Waals surface area contributed by atoms with Gasteiger partial charge in [-0.3, -0.25) is 0 Å². The van der Waals surface area contributed by atoms with Gasteiger partial charge in [-0.2, -0.15) is 0 Å². The fourth-order valence-electron chi connectivity index (χ4n) is 5.93. The molecule has 0 aromatic heterocycles. The minimum Gasteiger partial charge on any atom is -0.493 e. The molecule has 1 aliphatic heterocycles. The van der Waals surface area contributed by atoms with Crippen LogP contribution in [-0.2, 0) is 21.0 Å². The van der Waals surface area contributed by atoms with Crippen molar-refractivity contribution in [2.45, 2.75) is 30.3 Å². The molecule has 6 rings (SSSR count). The maximum Gasteiger partial charge on any atom is 0.207 e. The Morgan fingerprint density at radius 1 is 0.795 bits per heavy atom. The van der Waals surface area contributed by atoms with E-state index < -0.39 is 15.8 Å². The summed E-state index contributed by atoms with van der Waals surface area (Å²) in [5, 5.41) is 0. The van der Waals surface area contributed by atoms with E-state index in [9.17, 15) is 8.42 Å².